The summed E-state index contributed by atoms with van der Waals surface area (Å²) in [6.07, 6.45) is 1.43. The first-order valence-corrected chi connectivity index (χ1v) is 7.14. The molecule has 0 spiro atoms. The summed E-state index contributed by atoms with van der Waals surface area (Å²) in [6, 6.07) is 2.06. The topological polar surface area (TPSA) is 37.8 Å². The quantitative estimate of drug-likeness (QED) is 0.802. The predicted molar refractivity (Wildman–Crippen MR) is 74.1 cm³/mol. The fourth-order valence-electron chi connectivity index (χ4n) is 1.09. The van der Waals surface area contributed by atoms with Crippen molar-refractivity contribution >= 4 is 60.6 Å². The molecule has 0 fully saturated rings. The highest BCUT2D eigenvalue weighted by Crippen LogP contribution is 2.27. The predicted octanol–water partition coefficient (Wildman–Crippen LogP) is 4.33. The summed E-state index contributed by atoms with van der Waals surface area (Å²) in [4.78, 5) is 9.18. The highest BCUT2D eigenvalue weighted by Gasteiger charge is 2.06. The number of hydrogen-bond donors (Lipinski definition) is 1. The number of rotatable bonds is 3. The Morgan fingerprint density at radius 2 is 2.19 bits per heavy atom. The van der Waals surface area contributed by atoms with Gasteiger partial charge in [0.05, 0.1) is 11.0 Å². The van der Waals surface area contributed by atoms with Gasteiger partial charge in [-0.3, -0.25) is 0 Å². The van der Waals surface area contributed by atoms with Gasteiger partial charge in [0, 0.05) is 14.7 Å². The Morgan fingerprint density at radius 1 is 1.38 bits per heavy atom. The minimum absolute atomic E-state index is 0.407. The standard InChI is InChI=1S/C9H6Br2ClN3S/c10-5-1-6(16-3-5)2-13-9-7(11)8(12)14-4-15-9/h1,3-4H,2H2,(H,13,14,15). The molecule has 16 heavy (non-hydrogen) atoms. The summed E-state index contributed by atoms with van der Waals surface area (Å²) in [5.74, 6) is 0.699. The van der Waals surface area contributed by atoms with Crippen molar-refractivity contribution < 1.29 is 0 Å². The second-order valence-corrected chi connectivity index (χ2v) is 5.97. The number of anilines is 1. The highest BCUT2D eigenvalue weighted by atomic mass is 79.9. The number of halogens is 3. The van der Waals surface area contributed by atoms with Crippen LogP contribution >= 0.6 is 54.8 Å². The van der Waals surface area contributed by atoms with E-state index in [2.05, 4.69) is 53.2 Å². The second kappa shape index (κ2) is 5.44. The van der Waals surface area contributed by atoms with E-state index in [4.69, 9.17) is 11.6 Å². The third-order valence-corrected chi connectivity index (χ3v) is 4.76. The molecule has 1 N–H and O–H groups in total. The summed E-state index contributed by atoms with van der Waals surface area (Å²) < 4.78 is 1.78. The third-order valence-electron chi connectivity index (χ3n) is 1.80. The zero-order valence-electron chi connectivity index (χ0n) is 7.88. The molecule has 0 saturated heterocycles. The number of nitrogens with one attached hydrogen (secondary N) is 1. The Morgan fingerprint density at radius 3 is 2.88 bits per heavy atom. The molecule has 2 rings (SSSR count). The molecule has 0 aromatic carbocycles. The van der Waals surface area contributed by atoms with Crippen LogP contribution in [0.2, 0.25) is 5.15 Å². The molecule has 2 heterocycles. The first kappa shape index (κ1) is 12.3. The Hall–Kier alpha value is -0.170. The first-order chi connectivity index (χ1) is 7.66. The molecule has 0 atom stereocenters. The van der Waals surface area contributed by atoms with Crippen molar-refractivity contribution in [1.82, 2.24) is 9.97 Å². The summed E-state index contributed by atoms with van der Waals surface area (Å²) >= 11 is 14.3. The van der Waals surface area contributed by atoms with E-state index in [1.54, 1.807) is 11.3 Å². The lowest BCUT2D eigenvalue weighted by molar-refractivity contribution is 1.09. The zero-order chi connectivity index (χ0) is 11.5. The van der Waals surface area contributed by atoms with E-state index in [0.29, 0.717) is 22.0 Å². The third kappa shape index (κ3) is 2.94. The molecule has 0 aliphatic carbocycles. The average molecular weight is 383 g/mol. The molecule has 2 aromatic heterocycles. The number of nitrogens with zero attached hydrogens (tertiary/aromatic N) is 2. The molecule has 0 amide bonds. The molecule has 2 aromatic rings. The zero-order valence-corrected chi connectivity index (χ0v) is 12.6. The van der Waals surface area contributed by atoms with Crippen LogP contribution in [0.15, 0.2) is 26.7 Å². The highest BCUT2D eigenvalue weighted by molar-refractivity contribution is 9.11. The summed E-state index contributed by atoms with van der Waals surface area (Å²) in [7, 11) is 0. The smallest absolute Gasteiger partial charge is 0.148 e. The van der Waals surface area contributed by atoms with Crippen molar-refractivity contribution in [3.63, 3.8) is 0 Å². The second-order valence-electron chi connectivity index (χ2n) is 2.91. The molecule has 0 bridgehead atoms. The molecule has 0 radical (unpaired) electrons. The van der Waals surface area contributed by atoms with E-state index in [0.717, 1.165) is 4.47 Å². The fraction of sp³-hybridized carbons (Fsp3) is 0.111. The number of aromatic nitrogens is 2. The van der Waals surface area contributed by atoms with Crippen LogP contribution in [0.25, 0.3) is 0 Å². The number of thiophene rings is 1. The largest absolute Gasteiger partial charge is 0.364 e. The van der Waals surface area contributed by atoms with Crippen molar-refractivity contribution in [2.45, 2.75) is 6.54 Å². The molecule has 0 unspecified atom stereocenters. The van der Waals surface area contributed by atoms with Crippen molar-refractivity contribution in [3.8, 4) is 0 Å². The maximum atomic E-state index is 5.86. The van der Waals surface area contributed by atoms with Gasteiger partial charge in [0.15, 0.2) is 0 Å². The van der Waals surface area contributed by atoms with Gasteiger partial charge in [-0.1, -0.05) is 11.6 Å². The fourth-order valence-corrected chi connectivity index (χ4v) is 2.96. The van der Waals surface area contributed by atoms with Crippen molar-refractivity contribution in [3.05, 3.63) is 36.7 Å². The molecule has 0 aliphatic heterocycles. The van der Waals surface area contributed by atoms with Gasteiger partial charge in [0.1, 0.15) is 17.3 Å². The van der Waals surface area contributed by atoms with Gasteiger partial charge in [-0.25, -0.2) is 9.97 Å². The van der Waals surface area contributed by atoms with Crippen LogP contribution < -0.4 is 5.32 Å². The molecule has 84 valence electrons. The molecule has 7 heteroatoms. The number of hydrogen-bond acceptors (Lipinski definition) is 4. The van der Waals surface area contributed by atoms with Crippen LogP contribution in [0.1, 0.15) is 4.88 Å². The summed E-state index contributed by atoms with van der Waals surface area (Å²) in [6.45, 7) is 0.711. The Labute approximate surface area is 119 Å². The minimum Gasteiger partial charge on any atom is -0.364 e. The first-order valence-electron chi connectivity index (χ1n) is 4.29. The van der Waals surface area contributed by atoms with E-state index in [-0.39, 0.29) is 0 Å². The van der Waals surface area contributed by atoms with E-state index < -0.39 is 0 Å². The van der Waals surface area contributed by atoms with Gasteiger partial charge in [0.2, 0.25) is 0 Å². The van der Waals surface area contributed by atoms with Crippen molar-refractivity contribution in [2.24, 2.45) is 0 Å². The van der Waals surface area contributed by atoms with Gasteiger partial charge in [0.25, 0.3) is 0 Å². The van der Waals surface area contributed by atoms with Crippen molar-refractivity contribution in [1.29, 1.82) is 0 Å². The van der Waals surface area contributed by atoms with Crippen LogP contribution in [0.5, 0.6) is 0 Å². The lowest BCUT2D eigenvalue weighted by atomic mass is 10.4. The van der Waals surface area contributed by atoms with E-state index in [9.17, 15) is 0 Å². The lowest BCUT2D eigenvalue weighted by Gasteiger charge is -2.06. The lowest BCUT2D eigenvalue weighted by Crippen LogP contribution is -2.01. The van der Waals surface area contributed by atoms with Gasteiger partial charge in [-0.05, 0) is 37.9 Å². The Bertz CT molecular complexity index is 503. The monoisotopic (exact) mass is 381 g/mol. The summed E-state index contributed by atoms with van der Waals surface area (Å²) in [5.41, 5.74) is 0. The van der Waals surface area contributed by atoms with Crippen LogP contribution in [0.3, 0.4) is 0 Å². The average Bonchev–Trinajstić information content (AvgIpc) is 2.67. The molecule has 3 nitrogen and oxygen atoms in total. The van der Waals surface area contributed by atoms with Gasteiger partial charge in [-0.15, -0.1) is 11.3 Å². The van der Waals surface area contributed by atoms with E-state index in [1.807, 2.05) is 5.38 Å². The van der Waals surface area contributed by atoms with E-state index >= 15 is 0 Å². The minimum atomic E-state index is 0.407. The SMILES string of the molecule is Clc1ncnc(NCc2cc(Br)cs2)c1Br. The molecular weight excluding hydrogens is 377 g/mol. The molecule has 0 saturated carbocycles. The van der Waals surface area contributed by atoms with Crippen LogP contribution in [-0.4, -0.2) is 9.97 Å². The van der Waals surface area contributed by atoms with Crippen LogP contribution in [-0.2, 0) is 6.54 Å². The summed E-state index contributed by atoms with van der Waals surface area (Å²) in [5, 5.41) is 5.64. The Kier molecular flexibility index (Phi) is 4.18. The van der Waals surface area contributed by atoms with Gasteiger partial charge >= 0.3 is 0 Å². The van der Waals surface area contributed by atoms with Gasteiger partial charge in [-0.2, -0.15) is 0 Å². The Balaban J connectivity index is 2.07. The molecular formula is C9H6Br2ClN3S. The van der Waals surface area contributed by atoms with Crippen molar-refractivity contribution in [2.75, 3.05) is 5.32 Å². The maximum Gasteiger partial charge on any atom is 0.148 e. The maximum absolute atomic E-state index is 5.86. The van der Waals surface area contributed by atoms with Gasteiger partial charge < -0.3 is 5.32 Å². The molecule has 0 aliphatic rings. The van der Waals surface area contributed by atoms with E-state index in [1.165, 1.54) is 11.2 Å². The normalized spacial score (nSPS) is 10.4. The van der Waals surface area contributed by atoms with Crippen LogP contribution in [0.4, 0.5) is 5.82 Å². The van der Waals surface area contributed by atoms with Crippen LogP contribution in [0, 0.1) is 0 Å².